The van der Waals surface area contributed by atoms with Gasteiger partial charge in [-0.3, -0.25) is 0 Å². The first kappa shape index (κ1) is 13.1. The van der Waals surface area contributed by atoms with Gasteiger partial charge in [0, 0.05) is 6.54 Å². The van der Waals surface area contributed by atoms with Crippen molar-refractivity contribution in [2.75, 3.05) is 13.1 Å². The van der Waals surface area contributed by atoms with Crippen LogP contribution >= 0.6 is 0 Å². The number of hydrogen-bond donors (Lipinski definition) is 2. The van der Waals surface area contributed by atoms with Gasteiger partial charge in [-0.2, -0.15) is 0 Å². The average molecular weight is 258 g/mol. The highest BCUT2D eigenvalue weighted by Crippen LogP contribution is 2.48. The fourth-order valence-corrected chi connectivity index (χ4v) is 3.26. The summed E-state index contributed by atoms with van der Waals surface area (Å²) >= 11 is 0. The number of nitrogens with two attached hydrogens (primary N) is 1. The molecular formula is C17H26N2. The van der Waals surface area contributed by atoms with Gasteiger partial charge in [0.05, 0.1) is 0 Å². The lowest BCUT2D eigenvalue weighted by Crippen LogP contribution is -2.27. The Bertz CT molecular complexity index is 395. The Hall–Kier alpha value is -0.860. The third-order valence-corrected chi connectivity index (χ3v) is 4.74. The molecule has 0 amide bonds. The van der Waals surface area contributed by atoms with Crippen LogP contribution < -0.4 is 11.1 Å². The largest absolute Gasteiger partial charge is 0.326 e. The Kier molecular flexibility index (Phi) is 4.19. The third-order valence-electron chi connectivity index (χ3n) is 4.74. The van der Waals surface area contributed by atoms with E-state index in [0.717, 1.165) is 30.7 Å². The van der Waals surface area contributed by atoms with Crippen molar-refractivity contribution in [3.63, 3.8) is 0 Å². The van der Waals surface area contributed by atoms with Crippen LogP contribution in [0.2, 0.25) is 0 Å². The van der Waals surface area contributed by atoms with Crippen LogP contribution in [0, 0.1) is 17.8 Å². The predicted octanol–water partition coefficient (Wildman–Crippen LogP) is 2.71. The summed E-state index contributed by atoms with van der Waals surface area (Å²) in [5.41, 5.74) is 8.48. The maximum atomic E-state index is 5.78. The van der Waals surface area contributed by atoms with E-state index in [4.69, 9.17) is 5.73 Å². The molecule has 1 aromatic carbocycles. The molecule has 0 spiro atoms. The van der Waals surface area contributed by atoms with Crippen molar-refractivity contribution >= 4 is 0 Å². The van der Waals surface area contributed by atoms with Gasteiger partial charge in [0.15, 0.2) is 0 Å². The summed E-state index contributed by atoms with van der Waals surface area (Å²) in [6.07, 6.45) is 7.05. The van der Waals surface area contributed by atoms with Crippen LogP contribution in [0.1, 0.15) is 36.8 Å². The van der Waals surface area contributed by atoms with Crippen LogP contribution in [-0.4, -0.2) is 13.1 Å². The second-order valence-corrected chi connectivity index (χ2v) is 6.27. The summed E-state index contributed by atoms with van der Waals surface area (Å²) < 4.78 is 0. The summed E-state index contributed by atoms with van der Waals surface area (Å²) in [4.78, 5) is 0. The van der Waals surface area contributed by atoms with E-state index in [2.05, 4.69) is 29.6 Å². The zero-order valence-corrected chi connectivity index (χ0v) is 11.8. The molecule has 3 rings (SSSR count). The second-order valence-electron chi connectivity index (χ2n) is 6.27. The van der Waals surface area contributed by atoms with Gasteiger partial charge in [-0.15, -0.1) is 0 Å². The summed E-state index contributed by atoms with van der Waals surface area (Å²) in [6.45, 7) is 2.98. The second kappa shape index (κ2) is 6.06. The van der Waals surface area contributed by atoms with Crippen molar-refractivity contribution in [1.29, 1.82) is 0 Å². The van der Waals surface area contributed by atoms with Crippen molar-refractivity contribution in [1.82, 2.24) is 5.32 Å². The molecule has 0 aliphatic heterocycles. The Morgan fingerprint density at radius 2 is 1.68 bits per heavy atom. The maximum Gasteiger partial charge on any atom is 0.0180 e. The summed E-state index contributed by atoms with van der Waals surface area (Å²) in [7, 11) is 0. The van der Waals surface area contributed by atoms with E-state index >= 15 is 0 Å². The molecule has 104 valence electrons. The zero-order valence-electron chi connectivity index (χ0n) is 11.8. The van der Waals surface area contributed by atoms with Crippen LogP contribution in [0.15, 0.2) is 24.3 Å². The normalized spacial score (nSPS) is 19.1. The van der Waals surface area contributed by atoms with E-state index in [1.165, 1.54) is 43.4 Å². The first-order valence-electron chi connectivity index (χ1n) is 7.86. The fourth-order valence-electron chi connectivity index (χ4n) is 3.26. The summed E-state index contributed by atoms with van der Waals surface area (Å²) in [6, 6.07) is 8.55. The lowest BCUT2D eigenvalue weighted by atomic mass is 9.98. The Labute approximate surface area is 116 Å². The van der Waals surface area contributed by atoms with E-state index in [0.29, 0.717) is 6.54 Å². The van der Waals surface area contributed by atoms with Crippen LogP contribution in [0.5, 0.6) is 0 Å². The van der Waals surface area contributed by atoms with Crippen LogP contribution in [0.3, 0.4) is 0 Å². The highest BCUT2D eigenvalue weighted by molar-refractivity contribution is 5.27. The zero-order chi connectivity index (χ0) is 13.1. The third kappa shape index (κ3) is 3.58. The highest BCUT2D eigenvalue weighted by Gasteiger charge is 2.40. The van der Waals surface area contributed by atoms with Crippen LogP contribution in [0.4, 0.5) is 0 Å². The molecule has 2 nitrogen and oxygen atoms in total. The molecule has 0 bridgehead atoms. The van der Waals surface area contributed by atoms with E-state index in [1.807, 2.05) is 0 Å². The Morgan fingerprint density at radius 1 is 1.05 bits per heavy atom. The Balaban J connectivity index is 1.42. The highest BCUT2D eigenvalue weighted by atomic mass is 14.9. The fraction of sp³-hybridized carbons (Fsp3) is 0.647. The number of hydrogen-bond acceptors (Lipinski definition) is 2. The first-order valence-corrected chi connectivity index (χ1v) is 7.86. The van der Waals surface area contributed by atoms with E-state index in [9.17, 15) is 0 Å². The van der Waals surface area contributed by atoms with Crippen LogP contribution in [-0.2, 0) is 13.0 Å². The van der Waals surface area contributed by atoms with Gasteiger partial charge in [-0.25, -0.2) is 0 Å². The van der Waals surface area contributed by atoms with Crippen molar-refractivity contribution in [2.45, 2.75) is 38.6 Å². The minimum Gasteiger partial charge on any atom is -0.326 e. The quantitative estimate of drug-likeness (QED) is 0.704. The Morgan fingerprint density at radius 3 is 2.26 bits per heavy atom. The molecule has 0 radical (unpaired) electrons. The van der Waals surface area contributed by atoms with Gasteiger partial charge < -0.3 is 11.1 Å². The standard InChI is InChI=1S/C17H26N2/c18-11-16-4-2-1-3-13(16)9-10-19-12-17(14-5-6-14)15-7-8-15/h1-4,14-15,17,19H,5-12,18H2. The van der Waals surface area contributed by atoms with Gasteiger partial charge in [0.2, 0.25) is 0 Å². The molecule has 0 saturated heterocycles. The van der Waals surface area contributed by atoms with Gasteiger partial charge >= 0.3 is 0 Å². The smallest absolute Gasteiger partial charge is 0.0180 e. The number of benzene rings is 1. The molecule has 3 N–H and O–H groups in total. The maximum absolute atomic E-state index is 5.78. The molecule has 0 atom stereocenters. The number of rotatable bonds is 8. The molecule has 2 saturated carbocycles. The molecule has 19 heavy (non-hydrogen) atoms. The molecule has 2 fully saturated rings. The van der Waals surface area contributed by atoms with Crippen molar-refractivity contribution in [3.05, 3.63) is 35.4 Å². The lowest BCUT2D eigenvalue weighted by molar-refractivity contribution is 0.380. The first-order chi connectivity index (χ1) is 9.38. The summed E-state index contributed by atoms with van der Waals surface area (Å²) in [5.74, 6) is 3.08. The molecule has 2 heteroatoms. The van der Waals surface area contributed by atoms with Gasteiger partial charge in [0.1, 0.15) is 0 Å². The average Bonchev–Trinajstić information content (AvgIpc) is 3.31. The molecule has 0 unspecified atom stereocenters. The molecular weight excluding hydrogens is 232 g/mol. The minimum absolute atomic E-state index is 0.656. The predicted molar refractivity (Wildman–Crippen MR) is 79.8 cm³/mol. The molecule has 2 aliphatic carbocycles. The van der Waals surface area contributed by atoms with Crippen molar-refractivity contribution in [3.8, 4) is 0 Å². The summed E-state index contributed by atoms with van der Waals surface area (Å²) in [5, 5.41) is 3.69. The monoisotopic (exact) mass is 258 g/mol. The topological polar surface area (TPSA) is 38.0 Å². The van der Waals surface area contributed by atoms with E-state index in [1.54, 1.807) is 0 Å². The van der Waals surface area contributed by atoms with Crippen molar-refractivity contribution in [2.24, 2.45) is 23.5 Å². The van der Waals surface area contributed by atoms with Gasteiger partial charge in [-0.1, -0.05) is 24.3 Å². The SMILES string of the molecule is NCc1ccccc1CCNCC(C1CC1)C1CC1. The van der Waals surface area contributed by atoms with Gasteiger partial charge in [0.25, 0.3) is 0 Å². The van der Waals surface area contributed by atoms with E-state index < -0.39 is 0 Å². The van der Waals surface area contributed by atoms with Crippen LogP contribution in [0.25, 0.3) is 0 Å². The van der Waals surface area contributed by atoms with Crippen molar-refractivity contribution < 1.29 is 0 Å². The lowest BCUT2D eigenvalue weighted by Gasteiger charge is -2.16. The molecule has 1 aromatic rings. The molecule has 0 aromatic heterocycles. The number of nitrogens with one attached hydrogen (secondary N) is 1. The van der Waals surface area contributed by atoms with Gasteiger partial charge in [-0.05, 0) is 74.1 Å². The molecule has 2 aliphatic rings. The molecule has 0 heterocycles. The van der Waals surface area contributed by atoms with E-state index in [-0.39, 0.29) is 0 Å². The minimum atomic E-state index is 0.656.